The molecule has 2 heteroatoms. The number of fused-ring (bicyclic) bond motifs is 1. The Kier molecular flexibility index (Phi) is 1.74. The van der Waals surface area contributed by atoms with Gasteiger partial charge in [0.05, 0.1) is 0 Å². The van der Waals surface area contributed by atoms with E-state index in [1.54, 1.807) is 6.07 Å². The van der Waals surface area contributed by atoms with Crippen LogP contribution in [0.15, 0.2) is 41.4 Å². The molecular formula is C11H9NO. The normalized spacial score (nSPS) is 10.2. The van der Waals surface area contributed by atoms with E-state index >= 15 is 0 Å². The molecule has 2 aromatic carbocycles. The molecule has 2 rings (SSSR count). The molecule has 0 aromatic heterocycles. The SMILES string of the molecule is C=Nc1cc2ccccc2cc1O. The third-order valence-electron chi connectivity index (χ3n) is 2.01. The average Bonchev–Trinajstić information content (AvgIpc) is 2.17. The first-order valence-electron chi connectivity index (χ1n) is 4.00. The van der Waals surface area contributed by atoms with Gasteiger partial charge in [0.1, 0.15) is 11.4 Å². The number of nitrogens with zero attached hydrogens (tertiary/aromatic N) is 1. The van der Waals surface area contributed by atoms with Gasteiger partial charge in [-0.05, 0) is 29.6 Å². The Bertz CT molecular complexity index is 463. The van der Waals surface area contributed by atoms with Gasteiger partial charge in [-0.25, -0.2) is 0 Å². The van der Waals surface area contributed by atoms with E-state index < -0.39 is 0 Å². The maximum atomic E-state index is 9.47. The van der Waals surface area contributed by atoms with Crippen LogP contribution in [0.5, 0.6) is 5.75 Å². The van der Waals surface area contributed by atoms with Gasteiger partial charge in [0.15, 0.2) is 0 Å². The summed E-state index contributed by atoms with van der Waals surface area (Å²) in [5.74, 6) is 0.175. The van der Waals surface area contributed by atoms with Gasteiger partial charge < -0.3 is 5.11 Å². The second kappa shape index (κ2) is 2.90. The van der Waals surface area contributed by atoms with E-state index in [9.17, 15) is 5.11 Å². The standard InChI is InChI=1S/C11H9NO/c1-12-10-6-8-4-2-3-5-9(8)7-11(10)13/h2-7,13H,1H2. The van der Waals surface area contributed by atoms with Gasteiger partial charge in [0, 0.05) is 0 Å². The summed E-state index contributed by atoms with van der Waals surface area (Å²) in [6, 6.07) is 11.3. The van der Waals surface area contributed by atoms with Crippen LogP contribution in [0.4, 0.5) is 5.69 Å². The number of hydrogen-bond donors (Lipinski definition) is 1. The summed E-state index contributed by atoms with van der Waals surface area (Å²) in [6.07, 6.45) is 0. The molecule has 0 spiro atoms. The maximum absolute atomic E-state index is 9.47. The van der Waals surface area contributed by atoms with Gasteiger partial charge in [0.2, 0.25) is 0 Å². The van der Waals surface area contributed by atoms with Crippen LogP contribution in [0.25, 0.3) is 10.8 Å². The lowest BCUT2D eigenvalue weighted by atomic mass is 10.1. The minimum Gasteiger partial charge on any atom is -0.506 e. The van der Waals surface area contributed by atoms with Crippen molar-refractivity contribution in [1.82, 2.24) is 0 Å². The van der Waals surface area contributed by atoms with Gasteiger partial charge in [-0.3, -0.25) is 4.99 Å². The Balaban J connectivity index is 2.81. The summed E-state index contributed by atoms with van der Waals surface area (Å²) in [6.45, 7) is 3.39. The Labute approximate surface area is 76.2 Å². The first kappa shape index (κ1) is 7.80. The fourth-order valence-corrected chi connectivity index (χ4v) is 1.34. The van der Waals surface area contributed by atoms with Crippen LogP contribution in [0.1, 0.15) is 0 Å². The molecule has 2 nitrogen and oxygen atoms in total. The number of hydrogen-bond acceptors (Lipinski definition) is 2. The van der Waals surface area contributed by atoms with Crippen LogP contribution in [-0.2, 0) is 0 Å². The van der Waals surface area contributed by atoms with Gasteiger partial charge >= 0.3 is 0 Å². The molecule has 0 radical (unpaired) electrons. The van der Waals surface area contributed by atoms with E-state index in [2.05, 4.69) is 11.7 Å². The quantitative estimate of drug-likeness (QED) is 0.657. The van der Waals surface area contributed by atoms with Crippen LogP contribution in [0.2, 0.25) is 0 Å². The Morgan fingerprint density at radius 1 is 1.08 bits per heavy atom. The highest BCUT2D eigenvalue weighted by atomic mass is 16.3. The number of phenolic OH excluding ortho intramolecular Hbond substituents is 1. The van der Waals surface area contributed by atoms with E-state index in [1.165, 1.54) is 0 Å². The summed E-state index contributed by atoms with van der Waals surface area (Å²) in [4.78, 5) is 3.72. The summed E-state index contributed by atoms with van der Waals surface area (Å²) in [7, 11) is 0. The Morgan fingerprint density at radius 2 is 1.69 bits per heavy atom. The Hall–Kier alpha value is -1.83. The smallest absolute Gasteiger partial charge is 0.141 e. The maximum Gasteiger partial charge on any atom is 0.141 e. The molecule has 64 valence electrons. The van der Waals surface area contributed by atoms with E-state index in [-0.39, 0.29) is 5.75 Å². The van der Waals surface area contributed by atoms with Crippen molar-refractivity contribution in [3.8, 4) is 5.75 Å². The molecular weight excluding hydrogens is 162 g/mol. The summed E-state index contributed by atoms with van der Waals surface area (Å²) < 4.78 is 0. The molecule has 0 saturated heterocycles. The highest BCUT2D eigenvalue weighted by molar-refractivity contribution is 5.88. The topological polar surface area (TPSA) is 32.6 Å². The number of benzene rings is 2. The molecule has 0 heterocycles. The molecule has 0 saturated carbocycles. The molecule has 0 unspecified atom stereocenters. The molecule has 0 amide bonds. The van der Waals surface area contributed by atoms with Crippen molar-refractivity contribution in [1.29, 1.82) is 0 Å². The Morgan fingerprint density at radius 3 is 2.31 bits per heavy atom. The average molecular weight is 171 g/mol. The predicted molar refractivity (Wildman–Crippen MR) is 54.8 cm³/mol. The van der Waals surface area contributed by atoms with Crippen molar-refractivity contribution in [3.05, 3.63) is 36.4 Å². The van der Waals surface area contributed by atoms with Crippen molar-refractivity contribution in [2.75, 3.05) is 0 Å². The third-order valence-corrected chi connectivity index (χ3v) is 2.01. The minimum atomic E-state index is 0.175. The lowest BCUT2D eigenvalue weighted by Gasteiger charge is -2.01. The largest absolute Gasteiger partial charge is 0.506 e. The fraction of sp³-hybridized carbons (Fsp3) is 0. The zero-order valence-electron chi connectivity index (χ0n) is 7.07. The predicted octanol–water partition coefficient (Wildman–Crippen LogP) is 2.88. The van der Waals surface area contributed by atoms with Gasteiger partial charge in [-0.1, -0.05) is 24.3 Å². The number of phenols is 1. The van der Waals surface area contributed by atoms with Gasteiger partial charge in [-0.15, -0.1) is 0 Å². The molecule has 0 aliphatic heterocycles. The van der Waals surface area contributed by atoms with Gasteiger partial charge in [0.25, 0.3) is 0 Å². The number of aliphatic imine (C=N–C) groups is 1. The van der Waals surface area contributed by atoms with Crippen molar-refractivity contribution in [2.24, 2.45) is 4.99 Å². The second-order valence-electron chi connectivity index (χ2n) is 2.85. The molecule has 0 fully saturated rings. The van der Waals surface area contributed by atoms with E-state index in [0.29, 0.717) is 5.69 Å². The molecule has 0 atom stereocenters. The van der Waals surface area contributed by atoms with Crippen molar-refractivity contribution < 1.29 is 5.11 Å². The molecule has 2 aromatic rings. The van der Waals surface area contributed by atoms with Gasteiger partial charge in [-0.2, -0.15) is 0 Å². The highest BCUT2D eigenvalue weighted by Crippen LogP contribution is 2.30. The van der Waals surface area contributed by atoms with Crippen molar-refractivity contribution in [3.63, 3.8) is 0 Å². The van der Waals surface area contributed by atoms with Crippen LogP contribution < -0.4 is 0 Å². The number of aromatic hydroxyl groups is 1. The van der Waals surface area contributed by atoms with Crippen LogP contribution in [0.3, 0.4) is 0 Å². The minimum absolute atomic E-state index is 0.175. The monoisotopic (exact) mass is 171 g/mol. The number of rotatable bonds is 1. The van der Waals surface area contributed by atoms with Crippen molar-refractivity contribution in [2.45, 2.75) is 0 Å². The molecule has 0 bridgehead atoms. The zero-order valence-corrected chi connectivity index (χ0v) is 7.07. The lowest BCUT2D eigenvalue weighted by molar-refractivity contribution is 0.478. The van der Waals surface area contributed by atoms with Crippen molar-refractivity contribution >= 4 is 23.2 Å². The fourth-order valence-electron chi connectivity index (χ4n) is 1.34. The first-order valence-corrected chi connectivity index (χ1v) is 4.00. The summed E-state index contributed by atoms with van der Waals surface area (Å²) >= 11 is 0. The molecule has 1 N–H and O–H groups in total. The zero-order chi connectivity index (χ0) is 9.26. The highest BCUT2D eigenvalue weighted by Gasteiger charge is 2.00. The molecule has 0 aliphatic rings. The molecule has 13 heavy (non-hydrogen) atoms. The van der Waals surface area contributed by atoms with Crippen LogP contribution >= 0.6 is 0 Å². The first-order chi connectivity index (χ1) is 6.31. The summed E-state index contributed by atoms with van der Waals surface area (Å²) in [5, 5.41) is 11.5. The van der Waals surface area contributed by atoms with Crippen LogP contribution in [0, 0.1) is 0 Å². The van der Waals surface area contributed by atoms with E-state index in [0.717, 1.165) is 10.8 Å². The summed E-state index contributed by atoms with van der Waals surface area (Å²) in [5.41, 5.74) is 0.527. The lowest BCUT2D eigenvalue weighted by Crippen LogP contribution is -1.72. The molecule has 0 aliphatic carbocycles. The second-order valence-corrected chi connectivity index (χ2v) is 2.85. The van der Waals surface area contributed by atoms with E-state index in [1.807, 2.05) is 30.3 Å². The van der Waals surface area contributed by atoms with Crippen LogP contribution in [-0.4, -0.2) is 11.8 Å². The van der Waals surface area contributed by atoms with E-state index in [4.69, 9.17) is 0 Å². The third kappa shape index (κ3) is 1.26.